The summed E-state index contributed by atoms with van der Waals surface area (Å²) < 4.78 is 0. The van der Waals surface area contributed by atoms with Crippen LogP contribution in [0.3, 0.4) is 0 Å². The van der Waals surface area contributed by atoms with Gasteiger partial charge in [-0.1, -0.05) is 11.6 Å². The lowest BCUT2D eigenvalue weighted by Crippen LogP contribution is -2.12. The van der Waals surface area contributed by atoms with Crippen LogP contribution in [0.2, 0.25) is 5.15 Å². The molecule has 0 saturated heterocycles. The van der Waals surface area contributed by atoms with Gasteiger partial charge < -0.3 is 5.32 Å². The summed E-state index contributed by atoms with van der Waals surface area (Å²) in [5.41, 5.74) is 2.59. The molecule has 0 aliphatic carbocycles. The fraction of sp³-hybridized carbons (Fsp3) is 0. The molecule has 3 rings (SSSR count). The van der Waals surface area contributed by atoms with Gasteiger partial charge in [0.15, 0.2) is 0 Å². The smallest absolute Gasteiger partial charge is 0.257 e. The van der Waals surface area contributed by atoms with Gasteiger partial charge in [-0.3, -0.25) is 14.8 Å². The van der Waals surface area contributed by atoms with E-state index < -0.39 is 0 Å². The van der Waals surface area contributed by atoms with Gasteiger partial charge in [-0.05, 0) is 30.3 Å². The molecule has 0 aliphatic rings. The van der Waals surface area contributed by atoms with Crippen LogP contribution >= 0.6 is 11.6 Å². The average molecular weight is 285 g/mol. The quantitative estimate of drug-likeness (QED) is 0.735. The van der Waals surface area contributed by atoms with Crippen LogP contribution in [-0.2, 0) is 0 Å². The van der Waals surface area contributed by atoms with E-state index in [-0.39, 0.29) is 5.91 Å². The number of amides is 1. The fourth-order valence-corrected chi connectivity index (χ4v) is 1.87. The molecule has 6 heteroatoms. The van der Waals surface area contributed by atoms with Crippen molar-refractivity contribution in [3.05, 3.63) is 59.6 Å². The summed E-state index contributed by atoms with van der Waals surface area (Å²) in [5, 5.41) is 3.13. The molecule has 20 heavy (non-hydrogen) atoms. The Balaban J connectivity index is 1.85. The Morgan fingerprint density at radius 1 is 1.00 bits per heavy atom. The molecular weight excluding hydrogens is 276 g/mol. The maximum absolute atomic E-state index is 12.0. The largest absolute Gasteiger partial charge is 0.322 e. The molecule has 0 spiro atoms. The normalized spacial score (nSPS) is 10.4. The molecule has 0 unspecified atom stereocenters. The number of hydrogen-bond donors (Lipinski definition) is 1. The van der Waals surface area contributed by atoms with Crippen molar-refractivity contribution in [3.8, 4) is 0 Å². The first-order valence-electron chi connectivity index (χ1n) is 5.86. The number of carbonyl (C=O) groups excluding carboxylic acids is 1. The third-order valence-electron chi connectivity index (χ3n) is 2.72. The molecule has 1 aromatic carbocycles. The zero-order valence-corrected chi connectivity index (χ0v) is 11.0. The predicted octanol–water partition coefficient (Wildman–Crippen LogP) is 2.93. The van der Waals surface area contributed by atoms with E-state index in [0.29, 0.717) is 16.4 Å². The first-order chi connectivity index (χ1) is 9.72. The van der Waals surface area contributed by atoms with Crippen LogP contribution in [0.1, 0.15) is 10.4 Å². The predicted molar refractivity (Wildman–Crippen MR) is 76.7 cm³/mol. The Morgan fingerprint density at radius 3 is 2.55 bits per heavy atom. The molecule has 98 valence electrons. The van der Waals surface area contributed by atoms with Crippen molar-refractivity contribution >= 4 is 34.2 Å². The molecule has 1 N–H and O–H groups in total. The van der Waals surface area contributed by atoms with E-state index in [1.54, 1.807) is 42.7 Å². The second-order valence-corrected chi connectivity index (χ2v) is 4.47. The highest BCUT2D eigenvalue weighted by Gasteiger charge is 2.07. The van der Waals surface area contributed by atoms with E-state index >= 15 is 0 Å². The second kappa shape index (κ2) is 5.22. The number of anilines is 1. The highest BCUT2D eigenvalue weighted by molar-refractivity contribution is 6.29. The van der Waals surface area contributed by atoms with Crippen LogP contribution in [0, 0.1) is 0 Å². The fourth-order valence-electron chi connectivity index (χ4n) is 1.75. The van der Waals surface area contributed by atoms with Gasteiger partial charge in [0.05, 0.1) is 16.6 Å². The minimum atomic E-state index is -0.252. The van der Waals surface area contributed by atoms with Crippen molar-refractivity contribution in [2.45, 2.75) is 0 Å². The number of hydrogen-bond acceptors (Lipinski definition) is 4. The first-order valence-corrected chi connectivity index (χ1v) is 6.24. The van der Waals surface area contributed by atoms with Crippen LogP contribution in [0.15, 0.2) is 48.9 Å². The third-order valence-corrected chi connectivity index (χ3v) is 2.94. The standard InChI is InChI=1S/C14H9ClN4O/c15-13-4-1-9(8-18-13)14(20)19-10-2-3-11-12(7-10)17-6-5-16-11/h1-8H,(H,19,20). The summed E-state index contributed by atoms with van der Waals surface area (Å²) >= 11 is 5.68. The number of benzene rings is 1. The van der Waals surface area contributed by atoms with Gasteiger partial charge in [-0.15, -0.1) is 0 Å². The number of halogens is 1. The van der Waals surface area contributed by atoms with Gasteiger partial charge in [0.1, 0.15) is 5.15 Å². The van der Waals surface area contributed by atoms with E-state index in [2.05, 4.69) is 20.3 Å². The monoisotopic (exact) mass is 284 g/mol. The lowest BCUT2D eigenvalue weighted by atomic mass is 10.2. The Hall–Kier alpha value is -2.53. The van der Waals surface area contributed by atoms with Crippen molar-refractivity contribution in [2.75, 3.05) is 5.32 Å². The van der Waals surface area contributed by atoms with E-state index in [0.717, 1.165) is 11.0 Å². The molecule has 2 heterocycles. The highest BCUT2D eigenvalue weighted by Crippen LogP contribution is 2.16. The van der Waals surface area contributed by atoms with Crippen molar-refractivity contribution in [1.29, 1.82) is 0 Å². The summed E-state index contributed by atoms with van der Waals surface area (Å²) in [5.74, 6) is -0.252. The van der Waals surface area contributed by atoms with Gasteiger partial charge in [0.25, 0.3) is 5.91 Å². The second-order valence-electron chi connectivity index (χ2n) is 4.08. The number of carbonyl (C=O) groups is 1. The molecule has 0 bridgehead atoms. The van der Waals surface area contributed by atoms with Crippen LogP contribution < -0.4 is 5.32 Å². The molecule has 0 radical (unpaired) electrons. The van der Waals surface area contributed by atoms with Crippen molar-refractivity contribution < 1.29 is 4.79 Å². The molecule has 0 fully saturated rings. The van der Waals surface area contributed by atoms with Crippen LogP contribution in [0.5, 0.6) is 0 Å². The molecular formula is C14H9ClN4O. The van der Waals surface area contributed by atoms with Crippen LogP contribution in [0.4, 0.5) is 5.69 Å². The Kier molecular flexibility index (Phi) is 3.26. The lowest BCUT2D eigenvalue weighted by molar-refractivity contribution is 0.102. The zero-order valence-electron chi connectivity index (χ0n) is 10.2. The number of rotatable bonds is 2. The van der Waals surface area contributed by atoms with Crippen molar-refractivity contribution in [2.24, 2.45) is 0 Å². The molecule has 1 amide bonds. The summed E-state index contributed by atoms with van der Waals surface area (Å²) in [6, 6.07) is 8.54. The summed E-state index contributed by atoms with van der Waals surface area (Å²) in [6.07, 6.45) is 4.66. The maximum atomic E-state index is 12.0. The van der Waals surface area contributed by atoms with E-state index in [1.807, 2.05) is 0 Å². The third kappa shape index (κ3) is 2.57. The van der Waals surface area contributed by atoms with E-state index in [4.69, 9.17) is 11.6 Å². The van der Waals surface area contributed by atoms with Gasteiger partial charge in [-0.25, -0.2) is 4.98 Å². The SMILES string of the molecule is O=C(Nc1ccc2nccnc2c1)c1ccc(Cl)nc1. The summed E-state index contributed by atoms with van der Waals surface area (Å²) in [4.78, 5) is 24.3. The van der Waals surface area contributed by atoms with E-state index in [1.165, 1.54) is 6.20 Å². The minimum absolute atomic E-state index is 0.252. The Morgan fingerprint density at radius 2 is 1.80 bits per heavy atom. The Labute approximate surface area is 119 Å². The number of pyridine rings is 1. The average Bonchev–Trinajstić information content (AvgIpc) is 2.48. The number of aromatic nitrogens is 3. The summed E-state index contributed by atoms with van der Waals surface area (Å²) in [7, 11) is 0. The zero-order chi connectivity index (χ0) is 13.9. The Bertz CT molecular complexity index is 773. The molecule has 3 aromatic rings. The topological polar surface area (TPSA) is 67.8 Å². The molecule has 0 aliphatic heterocycles. The van der Waals surface area contributed by atoms with Gasteiger partial charge >= 0.3 is 0 Å². The maximum Gasteiger partial charge on any atom is 0.257 e. The summed E-state index contributed by atoms with van der Waals surface area (Å²) in [6.45, 7) is 0. The highest BCUT2D eigenvalue weighted by atomic mass is 35.5. The molecule has 0 saturated carbocycles. The number of nitrogens with one attached hydrogen (secondary N) is 1. The molecule has 0 atom stereocenters. The van der Waals surface area contributed by atoms with Gasteiger partial charge in [-0.2, -0.15) is 0 Å². The number of fused-ring (bicyclic) bond motifs is 1. The van der Waals surface area contributed by atoms with Crippen LogP contribution in [0.25, 0.3) is 11.0 Å². The van der Waals surface area contributed by atoms with Crippen molar-refractivity contribution in [3.63, 3.8) is 0 Å². The van der Waals surface area contributed by atoms with Gasteiger partial charge in [0, 0.05) is 24.3 Å². The van der Waals surface area contributed by atoms with E-state index in [9.17, 15) is 4.79 Å². The van der Waals surface area contributed by atoms with Crippen molar-refractivity contribution in [1.82, 2.24) is 15.0 Å². The first kappa shape index (κ1) is 12.5. The number of nitrogens with zero attached hydrogens (tertiary/aromatic N) is 3. The minimum Gasteiger partial charge on any atom is -0.322 e. The molecule has 2 aromatic heterocycles. The lowest BCUT2D eigenvalue weighted by Gasteiger charge is -2.05. The molecule has 5 nitrogen and oxygen atoms in total. The van der Waals surface area contributed by atoms with Gasteiger partial charge in [0.2, 0.25) is 0 Å². The van der Waals surface area contributed by atoms with Crippen LogP contribution in [-0.4, -0.2) is 20.9 Å².